The van der Waals surface area contributed by atoms with Crippen molar-refractivity contribution in [1.29, 1.82) is 0 Å². The second kappa shape index (κ2) is 7.45. The largest absolute Gasteiger partial charge is 0.348 e. The Labute approximate surface area is 139 Å². The highest BCUT2D eigenvalue weighted by Gasteiger charge is 2.29. The molecule has 6 heteroatoms. The molecule has 128 valence electrons. The molecule has 1 fully saturated rings. The standard InChI is InChI=1S/C17H26N2O3S/c1-4-19(13(2)3)11-14-5-7-15(8-6-14)17(20)18-16-9-10-23(21,22)12-16/h5-8,13,16H,4,9-12H2,1-3H3,(H,18,20)/t16-/m1/s1. The summed E-state index contributed by atoms with van der Waals surface area (Å²) >= 11 is 0. The second-order valence-corrected chi connectivity index (χ2v) is 8.66. The van der Waals surface area contributed by atoms with Crippen LogP contribution in [0.1, 0.15) is 43.1 Å². The zero-order chi connectivity index (χ0) is 17.0. The zero-order valence-corrected chi connectivity index (χ0v) is 14.9. The average molecular weight is 338 g/mol. The SMILES string of the molecule is CCN(Cc1ccc(C(=O)N[C@@H]2CCS(=O)(=O)C2)cc1)C(C)C. The van der Waals surface area contributed by atoms with Crippen LogP contribution in [0.5, 0.6) is 0 Å². The Morgan fingerprint density at radius 1 is 1.30 bits per heavy atom. The topological polar surface area (TPSA) is 66.5 Å². The first-order chi connectivity index (χ1) is 10.8. The maximum Gasteiger partial charge on any atom is 0.251 e. The van der Waals surface area contributed by atoms with Crippen LogP contribution in [0.4, 0.5) is 0 Å². The van der Waals surface area contributed by atoms with Gasteiger partial charge >= 0.3 is 0 Å². The van der Waals surface area contributed by atoms with Gasteiger partial charge in [0.1, 0.15) is 0 Å². The number of rotatable bonds is 6. The van der Waals surface area contributed by atoms with E-state index < -0.39 is 9.84 Å². The Kier molecular flexibility index (Phi) is 5.81. The predicted octanol–water partition coefficient (Wildman–Crippen LogP) is 1.83. The van der Waals surface area contributed by atoms with E-state index in [2.05, 4.69) is 31.0 Å². The van der Waals surface area contributed by atoms with Gasteiger partial charge in [0, 0.05) is 24.2 Å². The summed E-state index contributed by atoms with van der Waals surface area (Å²) in [7, 11) is -2.97. The first kappa shape index (κ1) is 17.9. The molecule has 1 aromatic rings. The molecule has 1 aromatic carbocycles. The summed E-state index contributed by atoms with van der Waals surface area (Å²) in [6.07, 6.45) is 0.506. The van der Waals surface area contributed by atoms with Gasteiger partial charge in [0.05, 0.1) is 11.5 Å². The van der Waals surface area contributed by atoms with Gasteiger partial charge in [-0.3, -0.25) is 9.69 Å². The van der Waals surface area contributed by atoms with Crippen molar-refractivity contribution in [3.8, 4) is 0 Å². The highest BCUT2D eigenvalue weighted by atomic mass is 32.2. The van der Waals surface area contributed by atoms with E-state index >= 15 is 0 Å². The molecule has 0 unspecified atom stereocenters. The fourth-order valence-electron chi connectivity index (χ4n) is 2.83. The number of amides is 1. The highest BCUT2D eigenvalue weighted by Crippen LogP contribution is 2.13. The van der Waals surface area contributed by atoms with Crippen molar-refractivity contribution in [2.45, 2.75) is 45.8 Å². The van der Waals surface area contributed by atoms with Gasteiger partial charge in [-0.25, -0.2) is 8.42 Å². The molecule has 0 bridgehead atoms. The van der Waals surface area contributed by atoms with Gasteiger partial charge < -0.3 is 5.32 Å². The fraction of sp³-hybridized carbons (Fsp3) is 0.588. The van der Waals surface area contributed by atoms with Crippen LogP contribution in [0, 0.1) is 0 Å². The van der Waals surface area contributed by atoms with Crippen LogP contribution in [0.3, 0.4) is 0 Å². The third-order valence-corrected chi connectivity index (χ3v) is 6.07. The maximum absolute atomic E-state index is 12.2. The minimum Gasteiger partial charge on any atom is -0.348 e. The minimum atomic E-state index is -2.97. The van der Waals surface area contributed by atoms with Crippen molar-refractivity contribution < 1.29 is 13.2 Å². The number of nitrogens with one attached hydrogen (secondary N) is 1. The molecule has 23 heavy (non-hydrogen) atoms. The molecular weight excluding hydrogens is 312 g/mol. The molecular formula is C17H26N2O3S. The lowest BCUT2D eigenvalue weighted by Crippen LogP contribution is -2.35. The molecule has 1 aliphatic rings. The van der Waals surface area contributed by atoms with Crippen LogP contribution in [-0.4, -0.2) is 49.4 Å². The number of hydrogen-bond acceptors (Lipinski definition) is 4. The van der Waals surface area contributed by atoms with Crippen molar-refractivity contribution in [1.82, 2.24) is 10.2 Å². The monoisotopic (exact) mass is 338 g/mol. The number of carbonyl (C=O) groups is 1. The minimum absolute atomic E-state index is 0.0523. The van der Waals surface area contributed by atoms with Crippen LogP contribution >= 0.6 is 0 Å². The predicted molar refractivity (Wildman–Crippen MR) is 92.2 cm³/mol. The molecule has 0 radical (unpaired) electrons. The number of hydrogen-bond donors (Lipinski definition) is 1. The van der Waals surface area contributed by atoms with Crippen molar-refractivity contribution in [3.63, 3.8) is 0 Å². The lowest BCUT2D eigenvalue weighted by atomic mass is 10.1. The molecule has 5 nitrogen and oxygen atoms in total. The number of carbonyl (C=O) groups excluding carboxylic acids is 1. The van der Waals surface area contributed by atoms with E-state index in [0.717, 1.165) is 13.1 Å². The number of nitrogens with zero attached hydrogens (tertiary/aromatic N) is 1. The normalized spacial score (nSPS) is 20.1. The third-order valence-electron chi connectivity index (χ3n) is 4.31. The molecule has 0 aromatic heterocycles. The molecule has 1 heterocycles. The Morgan fingerprint density at radius 3 is 2.43 bits per heavy atom. The van der Waals surface area contributed by atoms with Gasteiger partial charge in [0.2, 0.25) is 0 Å². The molecule has 1 amide bonds. The summed E-state index contributed by atoms with van der Waals surface area (Å²) in [5.74, 6) is 0.0187. The van der Waals surface area contributed by atoms with Gasteiger partial charge in [-0.05, 0) is 44.5 Å². The van der Waals surface area contributed by atoms with Crippen LogP contribution in [0.15, 0.2) is 24.3 Å². The summed E-state index contributed by atoms with van der Waals surface area (Å²) in [6.45, 7) is 8.31. The molecule has 1 saturated heterocycles. The second-order valence-electron chi connectivity index (χ2n) is 6.43. The lowest BCUT2D eigenvalue weighted by molar-refractivity contribution is 0.0941. The van der Waals surface area contributed by atoms with Gasteiger partial charge in [-0.15, -0.1) is 0 Å². The van der Waals surface area contributed by atoms with E-state index in [1.165, 1.54) is 5.56 Å². The Morgan fingerprint density at radius 2 is 1.96 bits per heavy atom. The smallest absolute Gasteiger partial charge is 0.251 e. The first-order valence-corrected chi connectivity index (χ1v) is 9.97. The third kappa shape index (κ3) is 5.04. The summed E-state index contributed by atoms with van der Waals surface area (Å²) in [4.78, 5) is 14.5. The molecule has 1 N–H and O–H groups in total. The van der Waals surface area contributed by atoms with Crippen LogP contribution in [-0.2, 0) is 16.4 Å². The van der Waals surface area contributed by atoms with E-state index in [1.54, 1.807) is 0 Å². The van der Waals surface area contributed by atoms with Crippen molar-refractivity contribution in [2.75, 3.05) is 18.1 Å². The molecule has 2 rings (SSSR count). The summed E-state index contributed by atoms with van der Waals surface area (Å²) < 4.78 is 22.9. The van der Waals surface area contributed by atoms with E-state index in [9.17, 15) is 13.2 Å². The lowest BCUT2D eigenvalue weighted by Gasteiger charge is -2.24. The van der Waals surface area contributed by atoms with Crippen molar-refractivity contribution in [2.24, 2.45) is 0 Å². The van der Waals surface area contributed by atoms with Crippen LogP contribution in [0.2, 0.25) is 0 Å². The van der Waals surface area contributed by atoms with Crippen molar-refractivity contribution >= 4 is 15.7 Å². The number of sulfone groups is 1. The Balaban J connectivity index is 1.95. The number of benzene rings is 1. The van der Waals surface area contributed by atoms with Gasteiger partial charge in [-0.2, -0.15) is 0 Å². The molecule has 0 aliphatic carbocycles. The van der Waals surface area contributed by atoms with Gasteiger partial charge in [-0.1, -0.05) is 19.1 Å². The summed E-state index contributed by atoms with van der Waals surface area (Å²) in [6, 6.07) is 7.76. The van der Waals surface area contributed by atoms with E-state index in [0.29, 0.717) is 18.0 Å². The summed E-state index contributed by atoms with van der Waals surface area (Å²) in [5, 5.41) is 2.81. The fourth-order valence-corrected chi connectivity index (χ4v) is 4.51. The van der Waals surface area contributed by atoms with E-state index in [1.807, 2.05) is 24.3 Å². The van der Waals surface area contributed by atoms with Crippen LogP contribution < -0.4 is 5.32 Å². The van der Waals surface area contributed by atoms with Crippen molar-refractivity contribution in [3.05, 3.63) is 35.4 Å². The molecule has 0 saturated carbocycles. The summed E-state index contributed by atoms with van der Waals surface area (Å²) in [5.41, 5.74) is 1.74. The van der Waals surface area contributed by atoms with Gasteiger partial charge in [0.15, 0.2) is 9.84 Å². The average Bonchev–Trinajstić information content (AvgIpc) is 2.83. The van der Waals surface area contributed by atoms with Crippen LogP contribution in [0.25, 0.3) is 0 Å². The van der Waals surface area contributed by atoms with E-state index in [4.69, 9.17) is 0 Å². The quantitative estimate of drug-likeness (QED) is 0.859. The van der Waals surface area contributed by atoms with Gasteiger partial charge in [0.25, 0.3) is 5.91 Å². The van der Waals surface area contributed by atoms with E-state index in [-0.39, 0.29) is 23.5 Å². The molecule has 0 spiro atoms. The first-order valence-electron chi connectivity index (χ1n) is 8.15. The Hall–Kier alpha value is -1.40. The molecule has 1 aliphatic heterocycles. The maximum atomic E-state index is 12.2. The Bertz CT molecular complexity index is 638. The highest BCUT2D eigenvalue weighted by molar-refractivity contribution is 7.91. The molecule has 1 atom stereocenters. The zero-order valence-electron chi connectivity index (χ0n) is 14.1.